The van der Waals surface area contributed by atoms with Gasteiger partial charge in [0.25, 0.3) is 16.8 Å². The number of carbonyl (C=O) groups excluding carboxylic acids is 2. The van der Waals surface area contributed by atoms with Crippen molar-refractivity contribution in [2.24, 2.45) is 0 Å². The van der Waals surface area contributed by atoms with Crippen LogP contribution in [0.4, 0.5) is 10.5 Å². The molecule has 0 aromatic heterocycles. The van der Waals surface area contributed by atoms with Crippen molar-refractivity contribution < 1.29 is 14.5 Å². The predicted molar refractivity (Wildman–Crippen MR) is 105 cm³/mol. The second-order valence-corrected chi connectivity index (χ2v) is 6.95. The molecule has 0 unspecified atom stereocenters. The summed E-state index contributed by atoms with van der Waals surface area (Å²) in [6.07, 6.45) is 3.58. The molecule has 2 aromatic carbocycles. The van der Waals surface area contributed by atoms with Crippen molar-refractivity contribution in [2.45, 2.75) is 13.5 Å². The zero-order chi connectivity index (χ0) is 19.4. The van der Waals surface area contributed by atoms with E-state index >= 15 is 0 Å². The van der Waals surface area contributed by atoms with Gasteiger partial charge in [-0.2, -0.15) is 0 Å². The average Bonchev–Trinajstić information content (AvgIpc) is 2.90. The number of thioether (sulfide) groups is 1. The van der Waals surface area contributed by atoms with Gasteiger partial charge >= 0.3 is 0 Å². The molecule has 0 atom stereocenters. The molecular weight excluding hydrogens is 364 g/mol. The summed E-state index contributed by atoms with van der Waals surface area (Å²) < 4.78 is 0. The molecule has 0 N–H and O–H groups in total. The molecule has 2 amide bonds. The molecule has 1 heterocycles. The second kappa shape index (κ2) is 8.01. The number of benzene rings is 2. The third-order valence-corrected chi connectivity index (χ3v) is 4.85. The number of imide groups is 1. The van der Waals surface area contributed by atoms with Crippen LogP contribution in [0, 0.1) is 10.1 Å². The van der Waals surface area contributed by atoms with Gasteiger partial charge in [0.15, 0.2) is 0 Å². The number of hydrogen-bond donors (Lipinski definition) is 0. The lowest BCUT2D eigenvalue weighted by molar-refractivity contribution is -0.385. The van der Waals surface area contributed by atoms with Crippen LogP contribution in [0.1, 0.15) is 18.1 Å². The molecule has 136 valence electrons. The zero-order valence-electron chi connectivity index (χ0n) is 14.5. The van der Waals surface area contributed by atoms with Crippen molar-refractivity contribution in [3.63, 3.8) is 0 Å². The molecule has 0 bridgehead atoms. The molecule has 1 fully saturated rings. The van der Waals surface area contributed by atoms with Crippen LogP contribution in [0.15, 0.2) is 71.2 Å². The van der Waals surface area contributed by atoms with Crippen LogP contribution in [-0.4, -0.2) is 21.0 Å². The molecular formula is C20H16N2O4S. The lowest BCUT2D eigenvalue weighted by atomic mass is 10.1. The second-order valence-electron chi connectivity index (χ2n) is 5.95. The summed E-state index contributed by atoms with van der Waals surface area (Å²) in [5.41, 5.74) is 2.03. The van der Waals surface area contributed by atoms with Gasteiger partial charge in [-0.15, -0.1) is 0 Å². The van der Waals surface area contributed by atoms with Crippen LogP contribution in [0.2, 0.25) is 0 Å². The Morgan fingerprint density at radius 1 is 1.11 bits per heavy atom. The van der Waals surface area contributed by atoms with Crippen LogP contribution in [0.3, 0.4) is 0 Å². The smallest absolute Gasteiger partial charge is 0.268 e. The monoisotopic (exact) mass is 380 g/mol. The van der Waals surface area contributed by atoms with E-state index in [-0.39, 0.29) is 12.2 Å². The van der Waals surface area contributed by atoms with Crippen LogP contribution in [0.25, 0.3) is 6.08 Å². The van der Waals surface area contributed by atoms with E-state index in [1.165, 1.54) is 6.07 Å². The standard InChI is InChI=1S/C20H16N2O4S/c1-14(11-15-7-3-2-4-8-15)12-18-19(23)21(20(24)27-18)13-16-9-5-6-10-17(16)22(25)26/h2-12H,13H2,1H3/b14-11+,18-12+. The molecule has 1 saturated heterocycles. The first-order valence-electron chi connectivity index (χ1n) is 8.16. The number of nitro groups is 1. The van der Waals surface area contributed by atoms with Crippen LogP contribution in [-0.2, 0) is 11.3 Å². The van der Waals surface area contributed by atoms with Gasteiger partial charge in [-0.1, -0.05) is 54.6 Å². The van der Waals surface area contributed by atoms with E-state index in [2.05, 4.69) is 0 Å². The van der Waals surface area contributed by atoms with E-state index in [1.807, 2.05) is 43.3 Å². The van der Waals surface area contributed by atoms with Crippen molar-refractivity contribution in [3.8, 4) is 0 Å². The Bertz CT molecular complexity index is 967. The highest BCUT2D eigenvalue weighted by Gasteiger charge is 2.36. The summed E-state index contributed by atoms with van der Waals surface area (Å²) in [5.74, 6) is -0.441. The van der Waals surface area contributed by atoms with Crippen molar-refractivity contribution in [3.05, 3.63) is 92.4 Å². The van der Waals surface area contributed by atoms with Gasteiger partial charge in [-0.3, -0.25) is 24.6 Å². The molecule has 7 heteroatoms. The van der Waals surface area contributed by atoms with Crippen molar-refractivity contribution >= 4 is 34.7 Å². The minimum absolute atomic E-state index is 0.110. The third-order valence-electron chi connectivity index (χ3n) is 3.94. The first-order valence-corrected chi connectivity index (χ1v) is 8.98. The number of nitro benzene ring substituents is 1. The van der Waals surface area contributed by atoms with Gasteiger partial charge in [0.05, 0.1) is 16.4 Å². The highest BCUT2D eigenvalue weighted by molar-refractivity contribution is 8.18. The number of amides is 2. The molecule has 0 radical (unpaired) electrons. The van der Waals surface area contributed by atoms with Crippen LogP contribution < -0.4 is 0 Å². The fourth-order valence-corrected chi connectivity index (χ4v) is 3.58. The molecule has 1 aliphatic heterocycles. The number of para-hydroxylation sites is 1. The Morgan fingerprint density at radius 3 is 2.48 bits per heavy atom. The Kier molecular flexibility index (Phi) is 5.52. The molecule has 0 aliphatic carbocycles. The van der Waals surface area contributed by atoms with Gasteiger partial charge in [-0.05, 0) is 35.9 Å². The van der Waals surface area contributed by atoms with Gasteiger partial charge in [0.1, 0.15) is 0 Å². The number of allylic oxidation sites excluding steroid dienone is 2. The maximum atomic E-state index is 12.6. The highest BCUT2D eigenvalue weighted by Crippen LogP contribution is 2.34. The van der Waals surface area contributed by atoms with Gasteiger partial charge in [0, 0.05) is 11.6 Å². The topological polar surface area (TPSA) is 80.5 Å². The van der Waals surface area contributed by atoms with Gasteiger partial charge in [0.2, 0.25) is 0 Å². The minimum Gasteiger partial charge on any atom is -0.268 e. The van der Waals surface area contributed by atoms with Crippen molar-refractivity contribution in [1.29, 1.82) is 0 Å². The van der Waals surface area contributed by atoms with Gasteiger partial charge in [-0.25, -0.2) is 0 Å². The van der Waals surface area contributed by atoms with Crippen LogP contribution in [0.5, 0.6) is 0 Å². The molecule has 0 spiro atoms. The molecule has 2 aromatic rings. The Morgan fingerprint density at radius 2 is 1.78 bits per heavy atom. The minimum atomic E-state index is -0.517. The number of hydrogen-bond acceptors (Lipinski definition) is 5. The average molecular weight is 380 g/mol. The number of rotatable bonds is 5. The maximum Gasteiger partial charge on any atom is 0.293 e. The fraction of sp³-hybridized carbons (Fsp3) is 0.100. The zero-order valence-corrected chi connectivity index (χ0v) is 15.3. The van der Waals surface area contributed by atoms with Gasteiger partial charge < -0.3 is 0 Å². The SMILES string of the molecule is CC(=C\c1ccccc1)/C=C1/SC(=O)N(Cc2ccccc2[N+](=O)[O-])C1=O. The quantitative estimate of drug-likeness (QED) is 0.424. The Labute approximate surface area is 160 Å². The summed E-state index contributed by atoms with van der Waals surface area (Å²) in [7, 11) is 0. The first-order chi connectivity index (χ1) is 13.0. The lowest BCUT2D eigenvalue weighted by Crippen LogP contribution is -2.27. The Hall–Kier alpha value is -3.19. The van der Waals surface area contributed by atoms with E-state index in [4.69, 9.17) is 0 Å². The molecule has 0 saturated carbocycles. The molecule has 6 nitrogen and oxygen atoms in total. The summed E-state index contributed by atoms with van der Waals surface area (Å²) in [6.45, 7) is 1.73. The maximum absolute atomic E-state index is 12.6. The van der Waals surface area contributed by atoms with Crippen molar-refractivity contribution in [1.82, 2.24) is 4.90 Å². The predicted octanol–water partition coefficient (Wildman–Crippen LogP) is 4.78. The normalized spacial score (nSPS) is 16.3. The molecule has 3 rings (SSSR count). The Balaban J connectivity index is 1.81. The highest BCUT2D eigenvalue weighted by atomic mass is 32.2. The largest absolute Gasteiger partial charge is 0.293 e. The van der Waals surface area contributed by atoms with E-state index in [9.17, 15) is 19.7 Å². The van der Waals surface area contributed by atoms with E-state index in [0.717, 1.165) is 27.8 Å². The lowest BCUT2D eigenvalue weighted by Gasteiger charge is -2.12. The number of nitrogens with zero attached hydrogens (tertiary/aromatic N) is 2. The van der Waals surface area contributed by atoms with E-state index < -0.39 is 16.1 Å². The summed E-state index contributed by atoms with van der Waals surface area (Å²) in [6, 6.07) is 15.7. The fourth-order valence-electron chi connectivity index (χ4n) is 2.69. The first kappa shape index (κ1) is 18.6. The number of carbonyl (C=O) groups is 2. The summed E-state index contributed by atoms with van der Waals surface area (Å²) in [4.78, 5) is 36.8. The molecule has 1 aliphatic rings. The van der Waals surface area contributed by atoms with E-state index in [1.54, 1.807) is 24.3 Å². The summed E-state index contributed by atoms with van der Waals surface area (Å²) in [5, 5.41) is 10.7. The summed E-state index contributed by atoms with van der Waals surface area (Å²) >= 11 is 0.842. The third kappa shape index (κ3) is 4.32. The van der Waals surface area contributed by atoms with Crippen LogP contribution >= 0.6 is 11.8 Å². The van der Waals surface area contributed by atoms with E-state index in [0.29, 0.717) is 10.5 Å². The molecule has 27 heavy (non-hydrogen) atoms. The van der Waals surface area contributed by atoms with Crippen molar-refractivity contribution in [2.75, 3.05) is 0 Å².